The third-order valence-electron chi connectivity index (χ3n) is 1.28. The Morgan fingerprint density at radius 3 is 2.67 bits per heavy atom. The Morgan fingerprint density at radius 1 is 1.58 bits per heavy atom. The summed E-state index contributed by atoms with van der Waals surface area (Å²) in [6.45, 7) is 0. The molecule has 12 heavy (non-hydrogen) atoms. The second kappa shape index (κ2) is 4.09. The van der Waals surface area contributed by atoms with Gasteiger partial charge in [0.2, 0.25) is 0 Å². The van der Waals surface area contributed by atoms with Gasteiger partial charge < -0.3 is 9.52 Å². The molecule has 0 fully saturated rings. The van der Waals surface area contributed by atoms with Gasteiger partial charge in [0, 0.05) is 6.42 Å². The molecule has 66 valence electrons. The third-order valence-corrected chi connectivity index (χ3v) is 2.99. The number of aryl methyl sites for hydroxylation is 1. The Hall–Kier alpha value is -0.290. The lowest BCUT2D eigenvalue weighted by Gasteiger charge is -1.89. The Kier molecular flexibility index (Phi) is 3.34. The van der Waals surface area contributed by atoms with Gasteiger partial charge in [0.15, 0.2) is 4.67 Å². The van der Waals surface area contributed by atoms with Crippen molar-refractivity contribution in [2.45, 2.75) is 12.8 Å². The minimum atomic E-state index is -0.821. The highest BCUT2D eigenvalue weighted by Gasteiger charge is 2.07. The van der Waals surface area contributed by atoms with Gasteiger partial charge in [-0.05, 0) is 37.9 Å². The van der Waals surface area contributed by atoms with Crippen molar-refractivity contribution in [1.29, 1.82) is 0 Å². The molecule has 0 unspecified atom stereocenters. The van der Waals surface area contributed by atoms with E-state index in [9.17, 15) is 4.79 Å². The summed E-state index contributed by atoms with van der Waals surface area (Å²) < 4.78 is 6.58. The van der Waals surface area contributed by atoms with Gasteiger partial charge in [0.1, 0.15) is 5.76 Å². The minimum absolute atomic E-state index is 0.0897. The molecule has 0 aliphatic heterocycles. The molecule has 0 saturated carbocycles. The Bertz CT molecular complexity index is 273. The molecule has 1 heterocycles. The van der Waals surface area contributed by atoms with Crippen LogP contribution in [0.2, 0.25) is 0 Å². The molecule has 0 aliphatic rings. The number of aliphatic carboxylic acids is 1. The molecule has 0 bridgehead atoms. The van der Waals surface area contributed by atoms with Crippen molar-refractivity contribution < 1.29 is 14.3 Å². The fourth-order valence-electron chi connectivity index (χ4n) is 0.745. The summed E-state index contributed by atoms with van der Waals surface area (Å²) in [6.07, 6.45) is 0.506. The quantitative estimate of drug-likeness (QED) is 0.933. The lowest BCUT2D eigenvalue weighted by atomic mass is 10.2. The molecule has 0 amide bonds. The second-order valence-electron chi connectivity index (χ2n) is 2.23. The number of carbonyl (C=O) groups is 1. The Morgan fingerprint density at radius 2 is 2.25 bits per heavy atom. The maximum absolute atomic E-state index is 10.2. The molecule has 0 radical (unpaired) electrons. The van der Waals surface area contributed by atoms with Crippen LogP contribution in [-0.4, -0.2) is 11.1 Å². The summed E-state index contributed by atoms with van der Waals surface area (Å²) in [6, 6.07) is 1.76. The molecule has 1 N–H and O–H groups in total. The zero-order valence-electron chi connectivity index (χ0n) is 6.01. The fraction of sp³-hybridized carbons (Fsp3) is 0.286. The maximum atomic E-state index is 10.2. The number of carboxylic acid groups (broad SMARTS) is 1. The van der Waals surface area contributed by atoms with Crippen LogP contribution in [-0.2, 0) is 11.2 Å². The smallest absolute Gasteiger partial charge is 0.303 e. The highest BCUT2D eigenvalue weighted by molar-refractivity contribution is 9.13. The number of hydrogen-bond acceptors (Lipinski definition) is 2. The molecular formula is C7H6Br2O3. The average Bonchev–Trinajstić information content (AvgIpc) is 2.28. The van der Waals surface area contributed by atoms with E-state index < -0.39 is 5.97 Å². The second-order valence-corrected chi connectivity index (χ2v) is 3.80. The standard InChI is InChI=1S/C7H6Br2O3/c8-5-3-4(12-7(5)9)1-2-6(10)11/h3H,1-2H2,(H,10,11). The van der Waals surface area contributed by atoms with Crippen molar-refractivity contribution >= 4 is 37.8 Å². The largest absolute Gasteiger partial charge is 0.481 e. The first-order chi connectivity index (χ1) is 5.59. The highest BCUT2D eigenvalue weighted by Crippen LogP contribution is 2.27. The molecule has 1 aromatic heterocycles. The van der Waals surface area contributed by atoms with Crippen LogP contribution in [0.25, 0.3) is 0 Å². The summed E-state index contributed by atoms with van der Waals surface area (Å²) in [4.78, 5) is 10.2. The Balaban J connectivity index is 2.58. The normalized spacial score (nSPS) is 10.2. The van der Waals surface area contributed by atoms with Crippen LogP contribution in [0.4, 0.5) is 0 Å². The van der Waals surface area contributed by atoms with Crippen molar-refractivity contribution in [2.24, 2.45) is 0 Å². The summed E-state index contributed by atoms with van der Waals surface area (Å²) in [5.41, 5.74) is 0. The zero-order chi connectivity index (χ0) is 9.14. The van der Waals surface area contributed by atoms with Gasteiger partial charge >= 0.3 is 5.97 Å². The molecule has 0 aromatic carbocycles. The maximum Gasteiger partial charge on any atom is 0.303 e. The van der Waals surface area contributed by atoms with E-state index in [2.05, 4.69) is 31.9 Å². The molecular weight excluding hydrogens is 292 g/mol. The van der Waals surface area contributed by atoms with Gasteiger partial charge in [-0.15, -0.1) is 0 Å². The predicted molar refractivity (Wildman–Crippen MR) is 50.1 cm³/mol. The van der Waals surface area contributed by atoms with Crippen LogP contribution < -0.4 is 0 Å². The topological polar surface area (TPSA) is 50.4 Å². The number of halogens is 2. The molecule has 0 aliphatic carbocycles. The van der Waals surface area contributed by atoms with E-state index in [4.69, 9.17) is 9.52 Å². The predicted octanol–water partition coefficient (Wildman–Crippen LogP) is 2.82. The SMILES string of the molecule is O=C(O)CCc1cc(Br)c(Br)o1. The summed E-state index contributed by atoms with van der Waals surface area (Å²) in [5, 5.41) is 8.39. The number of rotatable bonds is 3. The van der Waals surface area contributed by atoms with Crippen molar-refractivity contribution in [3.63, 3.8) is 0 Å². The van der Waals surface area contributed by atoms with Crippen LogP contribution in [0, 0.1) is 0 Å². The van der Waals surface area contributed by atoms with Crippen molar-refractivity contribution in [3.05, 3.63) is 21.0 Å². The summed E-state index contributed by atoms with van der Waals surface area (Å²) >= 11 is 6.40. The van der Waals surface area contributed by atoms with Crippen molar-refractivity contribution in [1.82, 2.24) is 0 Å². The van der Waals surface area contributed by atoms with Gasteiger partial charge in [-0.3, -0.25) is 4.79 Å². The van der Waals surface area contributed by atoms with Crippen molar-refractivity contribution in [3.8, 4) is 0 Å². The minimum Gasteiger partial charge on any atom is -0.481 e. The van der Waals surface area contributed by atoms with E-state index in [1.165, 1.54) is 0 Å². The Labute approximate surface area is 86.0 Å². The molecule has 3 nitrogen and oxygen atoms in total. The first kappa shape index (κ1) is 9.80. The van der Waals surface area contributed by atoms with Crippen LogP contribution in [0.3, 0.4) is 0 Å². The highest BCUT2D eigenvalue weighted by atomic mass is 79.9. The van der Waals surface area contributed by atoms with Gasteiger partial charge in [-0.2, -0.15) is 0 Å². The van der Waals surface area contributed by atoms with E-state index in [0.717, 1.165) is 4.47 Å². The monoisotopic (exact) mass is 296 g/mol. The average molecular weight is 298 g/mol. The van der Waals surface area contributed by atoms with E-state index >= 15 is 0 Å². The molecule has 0 saturated heterocycles. The summed E-state index contributed by atoms with van der Waals surface area (Å²) in [5.74, 6) is -0.158. The van der Waals surface area contributed by atoms with Gasteiger partial charge in [-0.1, -0.05) is 0 Å². The van der Waals surface area contributed by atoms with Gasteiger partial charge in [0.05, 0.1) is 10.9 Å². The van der Waals surface area contributed by atoms with Gasteiger partial charge in [-0.25, -0.2) is 0 Å². The van der Waals surface area contributed by atoms with Crippen LogP contribution in [0.15, 0.2) is 19.6 Å². The van der Waals surface area contributed by atoms with Gasteiger partial charge in [0.25, 0.3) is 0 Å². The molecule has 0 atom stereocenters. The molecule has 5 heteroatoms. The molecule has 1 rings (SSSR count). The molecule has 1 aromatic rings. The van der Waals surface area contributed by atoms with Crippen LogP contribution >= 0.6 is 31.9 Å². The third kappa shape index (κ3) is 2.64. The number of hydrogen-bond donors (Lipinski definition) is 1. The first-order valence-electron chi connectivity index (χ1n) is 3.25. The zero-order valence-corrected chi connectivity index (χ0v) is 9.18. The first-order valence-corrected chi connectivity index (χ1v) is 4.83. The van der Waals surface area contributed by atoms with Crippen molar-refractivity contribution in [2.75, 3.05) is 0 Å². The van der Waals surface area contributed by atoms with E-state index in [-0.39, 0.29) is 6.42 Å². The van der Waals surface area contributed by atoms with E-state index in [0.29, 0.717) is 16.9 Å². The van der Waals surface area contributed by atoms with E-state index in [1.807, 2.05) is 0 Å². The molecule has 0 spiro atoms. The number of furan rings is 1. The fourth-order valence-corrected chi connectivity index (χ4v) is 1.40. The number of carboxylic acids is 1. The lowest BCUT2D eigenvalue weighted by molar-refractivity contribution is -0.137. The lowest BCUT2D eigenvalue weighted by Crippen LogP contribution is -1.95. The van der Waals surface area contributed by atoms with Crippen LogP contribution in [0.1, 0.15) is 12.2 Å². The van der Waals surface area contributed by atoms with Crippen LogP contribution in [0.5, 0.6) is 0 Å². The summed E-state index contributed by atoms with van der Waals surface area (Å²) in [7, 11) is 0. The van der Waals surface area contributed by atoms with E-state index in [1.54, 1.807) is 6.07 Å².